The van der Waals surface area contributed by atoms with Crippen molar-refractivity contribution in [2.75, 3.05) is 0 Å². The van der Waals surface area contributed by atoms with E-state index in [2.05, 4.69) is 9.97 Å². The summed E-state index contributed by atoms with van der Waals surface area (Å²) in [6.45, 7) is 0.435. The van der Waals surface area contributed by atoms with Crippen molar-refractivity contribution < 1.29 is 0 Å². The number of nitrogens with two attached hydrogens (primary N) is 1. The maximum Gasteiger partial charge on any atom is 0.119 e. The van der Waals surface area contributed by atoms with E-state index in [1.807, 2.05) is 24.3 Å². The highest BCUT2D eigenvalue weighted by Crippen LogP contribution is 2.30. The normalized spacial score (nSPS) is 10.4. The van der Waals surface area contributed by atoms with E-state index >= 15 is 0 Å². The Labute approximate surface area is 103 Å². The topological polar surface area (TPSA) is 51.8 Å². The van der Waals surface area contributed by atoms with Crippen molar-refractivity contribution >= 4 is 23.4 Å². The summed E-state index contributed by atoms with van der Waals surface area (Å²) >= 11 is 7.53. The van der Waals surface area contributed by atoms with Crippen LogP contribution in [-0.2, 0) is 6.54 Å². The second-order valence-corrected chi connectivity index (χ2v) is 4.55. The van der Waals surface area contributed by atoms with Crippen LogP contribution in [0.1, 0.15) is 5.69 Å². The molecule has 0 radical (unpaired) electrons. The Bertz CT molecular complexity index is 490. The Morgan fingerprint density at radius 3 is 2.88 bits per heavy atom. The third-order valence-corrected chi connectivity index (χ3v) is 3.36. The van der Waals surface area contributed by atoms with Gasteiger partial charge in [-0.25, -0.2) is 4.98 Å². The molecule has 0 unspecified atom stereocenters. The Morgan fingerprint density at radius 1 is 1.25 bits per heavy atom. The van der Waals surface area contributed by atoms with Gasteiger partial charge in [0.15, 0.2) is 0 Å². The van der Waals surface area contributed by atoms with Crippen molar-refractivity contribution in [3.63, 3.8) is 0 Å². The lowest BCUT2D eigenvalue weighted by Gasteiger charge is -2.03. The molecule has 2 N–H and O–H groups in total. The summed E-state index contributed by atoms with van der Waals surface area (Å²) < 4.78 is 0. The monoisotopic (exact) mass is 251 g/mol. The SMILES string of the molecule is NCc1cc(Sc2ncccc2Cl)ccn1. The predicted octanol–water partition coefficient (Wildman–Crippen LogP) is 2.74. The molecule has 0 bridgehead atoms. The van der Waals surface area contributed by atoms with Crippen molar-refractivity contribution in [3.8, 4) is 0 Å². The van der Waals surface area contributed by atoms with Gasteiger partial charge in [-0.15, -0.1) is 0 Å². The maximum absolute atomic E-state index is 6.02. The lowest BCUT2D eigenvalue weighted by atomic mass is 10.3. The average Bonchev–Trinajstić information content (AvgIpc) is 2.32. The van der Waals surface area contributed by atoms with Crippen LogP contribution in [0.2, 0.25) is 5.02 Å². The molecule has 0 aliphatic carbocycles. The summed E-state index contributed by atoms with van der Waals surface area (Å²) in [6, 6.07) is 7.48. The van der Waals surface area contributed by atoms with Gasteiger partial charge in [0, 0.05) is 23.8 Å². The number of pyridine rings is 2. The van der Waals surface area contributed by atoms with Gasteiger partial charge in [-0.2, -0.15) is 0 Å². The largest absolute Gasteiger partial charge is 0.325 e. The third-order valence-electron chi connectivity index (χ3n) is 1.94. The predicted molar refractivity (Wildman–Crippen MR) is 65.5 cm³/mol. The van der Waals surface area contributed by atoms with E-state index in [1.165, 1.54) is 11.8 Å². The molecule has 0 aliphatic heterocycles. The highest BCUT2D eigenvalue weighted by molar-refractivity contribution is 7.99. The van der Waals surface area contributed by atoms with E-state index in [9.17, 15) is 0 Å². The number of halogens is 1. The molecule has 0 spiro atoms. The molecule has 5 heteroatoms. The molecule has 0 saturated carbocycles. The Balaban J connectivity index is 2.24. The molecule has 2 rings (SSSR count). The van der Waals surface area contributed by atoms with Gasteiger partial charge >= 0.3 is 0 Å². The van der Waals surface area contributed by atoms with E-state index in [1.54, 1.807) is 12.4 Å². The molecule has 0 aliphatic rings. The minimum absolute atomic E-state index is 0.435. The first kappa shape index (κ1) is 11.4. The second kappa shape index (κ2) is 5.30. The van der Waals surface area contributed by atoms with Crippen molar-refractivity contribution in [1.29, 1.82) is 0 Å². The van der Waals surface area contributed by atoms with Crippen molar-refractivity contribution in [2.24, 2.45) is 5.73 Å². The van der Waals surface area contributed by atoms with Crippen LogP contribution in [0.4, 0.5) is 0 Å². The quantitative estimate of drug-likeness (QED) is 0.911. The van der Waals surface area contributed by atoms with E-state index in [-0.39, 0.29) is 0 Å². The summed E-state index contributed by atoms with van der Waals surface area (Å²) in [5, 5.41) is 1.44. The van der Waals surface area contributed by atoms with Crippen LogP contribution in [0, 0.1) is 0 Å². The molecule has 0 aromatic carbocycles. The van der Waals surface area contributed by atoms with Crippen LogP contribution in [0.25, 0.3) is 0 Å². The Hall–Kier alpha value is -1.10. The Kier molecular flexibility index (Phi) is 3.77. The Morgan fingerprint density at radius 2 is 2.12 bits per heavy atom. The molecule has 0 fully saturated rings. The van der Waals surface area contributed by atoms with Gasteiger partial charge in [-0.3, -0.25) is 4.98 Å². The number of hydrogen-bond donors (Lipinski definition) is 1. The van der Waals surface area contributed by atoms with Crippen molar-refractivity contribution in [3.05, 3.63) is 47.4 Å². The van der Waals surface area contributed by atoms with Gasteiger partial charge in [-0.05, 0) is 24.3 Å². The van der Waals surface area contributed by atoms with Crippen LogP contribution in [0.15, 0.2) is 46.6 Å². The van der Waals surface area contributed by atoms with Crippen LogP contribution < -0.4 is 5.73 Å². The van der Waals surface area contributed by atoms with Gasteiger partial charge in [0.25, 0.3) is 0 Å². The zero-order valence-electron chi connectivity index (χ0n) is 8.43. The minimum Gasteiger partial charge on any atom is -0.325 e. The molecule has 2 aromatic rings. The average molecular weight is 252 g/mol. The smallest absolute Gasteiger partial charge is 0.119 e. The third kappa shape index (κ3) is 2.72. The van der Waals surface area contributed by atoms with E-state index in [0.717, 1.165) is 15.6 Å². The summed E-state index contributed by atoms with van der Waals surface area (Å²) in [4.78, 5) is 9.38. The molecule has 0 amide bonds. The van der Waals surface area contributed by atoms with Crippen LogP contribution in [0.5, 0.6) is 0 Å². The van der Waals surface area contributed by atoms with E-state index < -0.39 is 0 Å². The standard InChI is InChI=1S/C11H10ClN3S/c12-10-2-1-4-15-11(10)16-9-3-5-14-8(6-9)7-13/h1-6H,7,13H2. The molecular weight excluding hydrogens is 242 g/mol. The maximum atomic E-state index is 6.02. The molecule has 2 aromatic heterocycles. The number of aromatic nitrogens is 2. The van der Waals surface area contributed by atoms with E-state index in [4.69, 9.17) is 17.3 Å². The van der Waals surface area contributed by atoms with Gasteiger partial charge in [0.1, 0.15) is 5.03 Å². The molecule has 0 saturated heterocycles. The van der Waals surface area contributed by atoms with E-state index in [0.29, 0.717) is 11.6 Å². The first-order valence-electron chi connectivity index (χ1n) is 4.73. The molecule has 0 atom stereocenters. The van der Waals surface area contributed by atoms with Crippen molar-refractivity contribution in [1.82, 2.24) is 9.97 Å². The number of rotatable bonds is 3. The molecular formula is C11H10ClN3S. The number of nitrogens with zero attached hydrogens (tertiary/aromatic N) is 2. The fourth-order valence-corrected chi connectivity index (χ4v) is 2.25. The van der Waals surface area contributed by atoms with Crippen molar-refractivity contribution in [2.45, 2.75) is 16.5 Å². The summed E-state index contributed by atoms with van der Waals surface area (Å²) in [7, 11) is 0. The van der Waals surface area contributed by atoms with Crippen LogP contribution >= 0.6 is 23.4 Å². The molecule has 16 heavy (non-hydrogen) atoms. The summed E-state index contributed by atoms with van der Waals surface area (Å²) in [5.41, 5.74) is 6.39. The van der Waals surface area contributed by atoms with Crippen LogP contribution in [0.3, 0.4) is 0 Å². The fraction of sp³-hybridized carbons (Fsp3) is 0.0909. The molecule has 3 nitrogen and oxygen atoms in total. The molecule has 82 valence electrons. The van der Waals surface area contributed by atoms with Gasteiger partial charge in [0.2, 0.25) is 0 Å². The highest BCUT2D eigenvalue weighted by atomic mass is 35.5. The lowest BCUT2D eigenvalue weighted by molar-refractivity contribution is 0.976. The first-order valence-corrected chi connectivity index (χ1v) is 5.92. The van der Waals surface area contributed by atoms with Gasteiger partial charge in [-0.1, -0.05) is 23.4 Å². The fourth-order valence-electron chi connectivity index (χ4n) is 1.19. The zero-order valence-corrected chi connectivity index (χ0v) is 10.0. The van der Waals surface area contributed by atoms with Gasteiger partial charge in [0.05, 0.1) is 10.7 Å². The zero-order chi connectivity index (χ0) is 11.4. The second-order valence-electron chi connectivity index (χ2n) is 3.08. The van der Waals surface area contributed by atoms with Gasteiger partial charge < -0.3 is 5.73 Å². The summed E-state index contributed by atoms with van der Waals surface area (Å²) in [6.07, 6.45) is 3.46. The van der Waals surface area contributed by atoms with Crippen LogP contribution in [-0.4, -0.2) is 9.97 Å². The lowest BCUT2D eigenvalue weighted by Crippen LogP contribution is -1.98. The first-order chi connectivity index (χ1) is 7.79. The minimum atomic E-state index is 0.435. The highest BCUT2D eigenvalue weighted by Gasteiger charge is 2.04. The number of hydrogen-bond acceptors (Lipinski definition) is 4. The molecule has 2 heterocycles. The summed E-state index contributed by atoms with van der Waals surface area (Å²) in [5.74, 6) is 0.